The summed E-state index contributed by atoms with van der Waals surface area (Å²) in [7, 11) is 1.76. The molecule has 0 radical (unpaired) electrons. The van der Waals surface area contributed by atoms with Crippen molar-refractivity contribution in [1.29, 1.82) is 0 Å². The lowest BCUT2D eigenvalue weighted by Gasteiger charge is -2.19. The van der Waals surface area contributed by atoms with Gasteiger partial charge in [0.1, 0.15) is 5.60 Å². The van der Waals surface area contributed by atoms with E-state index < -0.39 is 11.7 Å². The van der Waals surface area contributed by atoms with Gasteiger partial charge in [0.2, 0.25) is 0 Å². The third kappa shape index (κ3) is 8.07. The van der Waals surface area contributed by atoms with Crippen molar-refractivity contribution in [1.82, 2.24) is 15.6 Å². The van der Waals surface area contributed by atoms with Crippen molar-refractivity contribution in [3.63, 3.8) is 0 Å². The predicted molar refractivity (Wildman–Crippen MR) is 142 cm³/mol. The van der Waals surface area contributed by atoms with Crippen LogP contribution < -0.4 is 16.0 Å². The van der Waals surface area contributed by atoms with Gasteiger partial charge in [-0.3, -0.25) is 10.3 Å². The average molecular weight is 549 g/mol. The first-order valence-electron chi connectivity index (χ1n) is 10.4. The van der Waals surface area contributed by atoms with Gasteiger partial charge in [-0.05, 0) is 62.4 Å². The predicted octanol–water partition coefficient (Wildman–Crippen LogP) is 5.04. The number of amides is 1. The van der Waals surface area contributed by atoms with E-state index in [0.29, 0.717) is 12.2 Å². The van der Waals surface area contributed by atoms with Crippen LogP contribution in [0.5, 0.6) is 0 Å². The van der Waals surface area contributed by atoms with Crippen LogP contribution >= 0.6 is 24.0 Å². The van der Waals surface area contributed by atoms with Crippen LogP contribution in [0.3, 0.4) is 0 Å². The minimum Gasteiger partial charge on any atom is -0.444 e. The second-order valence-electron chi connectivity index (χ2n) is 8.31. The molecule has 3 aromatic rings. The summed E-state index contributed by atoms with van der Waals surface area (Å²) >= 11 is 0. The lowest BCUT2D eigenvalue weighted by atomic mass is 10.1. The molecule has 3 rings (SSSR count). The Morgan fingerprint density at radius 2 is 1.78 bits per heavy atom. The molecule has 7 nitrogen and oxygen atoms in total. The number of aromatic amines is 1. The molecule has 0 spiro atoms. The quantitative estimate of drug-likeness (QED) is 0.197. The number of carbonyl (C=O) groups excluding carboxylic acids is 1. The van der Waals surface area contributed by atoms with Crippen molar-refractivity contribution < 1.29 is 9.53 Å². The zero-order valence-electron chi connectivity index (χ0n) is 19.0. The lowest BCUT2D eigenvalue weighted by Crippen LogP contribution is -2.37. The van der Waals surface area contributed by atoms with Gasteiger partial charge < -0.3 is 20.4 Å². The zero-order valence-corrected chi connectivity index (χ0v) is 21.3. The maximum absolute atomic E-state index is 11.8. The average Bonchev–Trinajstić information content (AvgIpc) is 3.13. The van der Waals surface area contributed by atoms with Crippen LogP contribution in [-0.2, 0) is 17.7 Å². The Balaban J connectivity index is 0.00000363. The number of rotatable bonds is 6. The maximum atomic E-state index is 11.8. The number of para-hydroxylation sites is 1. The number of hydrogen-bond donors (Lipinski definition) is 4. The number of nitrogens with one attached hydrogen (secondary N) is 4. The second kappa shape index (κ2) is 11.8. The zero-order chi connectivity index (χ0) is 22.3. The third-order valence-corrected chi connectivity index (χ3v) is 4.56. The van der Waals surface area contributed by atoms with Crippen LogP contribution in [0.1, 0.15) is 32.0 Å². The van der Waals surface area contributed by atoms with Gasteiger partial charge in [-0.1, -0.05) is 30.3 Å². The highest BCUT2D eigenvalue weighted by Crippen LogP contribution is 2.15. The molecule has 0 unspecified atom stereocenters. The number of anilines is 1. The van der Waals surface area contributed by atoms with E-state index in [1.54, 1.807) is 7.05 Å². The Morgan fingerprint density at radius 1 is 1.06 bits per heavy atom. The van der Waals surface area contributed by atoms with E-state index in [4.69, 9.17) is 4.74 Å². The SMILES string of the molecule is CN=C(NCCc1ccc(NC(=O)OC(C)(C)C)cc1)NCc1cc2ccccc2[nH]1.I. The van der Waals surface area contributed by atoms with Crippen molar-refractivity contribution in [3.05, 3.63) is 65.9 Å². The molecular formula is C24H32IN5O2. The summed E-state index contributed by atoms with van der Waals surface area (Å²) in [5.41, 5.74) is 3.59. The van der Waals surface area contributed by atoms with Crippen LogP contribution in [0.15, 0.2) is 59.6 Å². The van der Waals surface area contributed by atoms with Gasteiger partial charge in [-0.2, -0.15) is 0 Å². The standard InChI is InChI=1S/C24H31N5O2.HI/c1-24(2,3)31-23(30)29-19-11-9-17(10-12-19)13-14-26-22(25-4)27-16-20-15-18-7-5-6-8-21(18)28-20;/h5-12,15,28H,13-14,16H2,1-4H3,(H,29,30)(H2,25,26,27);1H. The highest BCUT2D eigenvalue weighted by atomic mass is 127. The van der Waals surface area contributed by atoms with Gasteiger partial charge in [-0.25, -0.2) is 4.79 Å². The first-order chi connectivity index (χ1) is 14.8. The molecule has 32 heavy (non-hydrogen) atoms. The number of halogens is 1. The van der Waals surface area contributed by atoms with E-state index in [1.807, 2.05) is 57.2 Å². The Kier molecular flexibility index (Phi) is 9.37. The fraction of sp³-hybridized carbons (Fsp3) is 0.333. The number of fused-ring (bicyclic) bond motifs is 1. The molecule has 0 fully saturated rings. The molecule has 172 valence electrons. The molecule has 0 saturated heterocycles. The molecule has 1 amide bonds. The number of aromatic nitrogens is 1. The van der Waals surface area contributed by atoms with Crippen molar-refractivity contribution in [3.8, 4) is 0 Å². The number of H-pyrrole nitrogens is 1. The molecular weight excluding hydrogens is 517 g/mol. The fourth-order valence-electron chi connectivity index (χ4n) is 3.13. The van der Waals surface area contributed by atoms with Gasteiger partial charge in [0.05, 0.1) is 6.54 Å². The van der Waals surface area contributed by atoms with Crippen LogP contribution in [-0.4, -0.2) is 36.2 Å². The van der Waals surface area contributed by atoms with Gasteiger partial charge in [0.15, 0.2) is 5.96 Å². The van der Waals surface area contributed by atoms with Gasteiger partial charge in [-0.15, -0.1) is 24.0 Å². The van der Waals surface area contributed by atoms with E-state index in [2.05, 4.69) is 44.1 Å². The van der Waals surface area contributed by atoms with E-state index in [1.165, 1.54) is 5.39 Å². The van der Waals surface area contributed by atoms with Crippen LogP contribution in [0.4, 0.5) is 10.5 Å². The molecule has 1 aromatic heterocycles. The van der Waals surface area contributed by atoms with Crippen molar-refractivity contribution in [2.45, 2.75) is 39.3 Å². The summed E-state index contributed by atoms with van der Waals surface area (Å²) < 4.78 is 5.27. The van der Waals surface area contributed by atoms with Crippen molar-refractivity contribution in [2.24, 2.45) is 4.99 Å². The third-order valence-electron chi connectivity index (χ3n) is 4.56. The fourth-order valence-corrected chi connectivity index (χ4v) is 3.13. The molecule has 0 aliphatic rings. The molecule has 1 heterocycles. The normalized spacial score (nSPS) is 11.6. The number of ether oxygens (including phenoxy) is 1. The Morgan fingerprint density at radius 3 is 2.44 bits per heavy atom. The second-order valence-corrected chi connectivity index (χ2v) is 8.31. The maximum Gasteiger partial charge on any atom is 0.412 e. The van der Waals surface area contributed by atoms with Gasteiger partial charge in [0.25, 0.3) is 0 Å². The highest BCUT2D eigenvalue weighted by Gasteiger charge is 2.16. The number of benzene rings is 2. The van der Waals surface area contributed by atoms with E-state index in [-0.39, 0.29) is 24.0 Å². The number of guanidine groups is 1. The van der Waals surface area contributed by atoms with E-state index >= 15 is 0 Å². The highest BCUT2D eigenvalue weighted by molar-refractivity contribution is 14.0. The summed E-state index contributed by atoms with van der Waals surface area (Å²) in [4.78, 5) is 19.5. The van der Waals surface area contributed by atoms with Crippen molar-refractivity contribution >= 4 is 52.6 Å². The number of carbonyl (C=O) groups is 1. The van der Waals surface area contributed by atoms with Crippen LogP contribution in [0, 0.1) is 0 Å². The van der Waals surface area contributed by atoms with E-state index in [9.17, 15) is 4.79 Å². The molecule has 0 aliphatic carbocycles. The topological polar surface area (TPSA) is 90.5 Å². The molecule has 0 atom stereocenters. The summed E-state index contributed by atoms with van der Waals surface area (Å²) in [5.74, 6) is 0.752. The largest absolute Gasteiger partial charge is 0.444 e. The first-order valence-corrected chi connectivity index (χ1v) is 10.4. The summed E-state index contributed by atoms with van der Waals surface area (Å²) in [6.07, 6.45) is 0.381. The van der Waals surface area contributed by atoms with Gasteiger partial charge in [0, 0.05) is 30.5 Å². The smallest absolute Gasteiger partial charge is 0.412 e. The molecule has 0 saturated carbocycles. The Bertz CT molecular complexity index is 1010. The first kappa shape index (κ1) is 25.5. The minimum absolute atomic E-state index is 0. The molecule has 0 aliphatic heterocycles. The molecule has 4 N–H and O–H groups in total. The monoisotopic (exact) mass is 549 g/mol. The van der Waals surface area contributed by atoms with Crippen LogP contribution in [0.25, 0.3) is 10.9 Å². The van der Waals surface area contributed by atoms with Gasteiger partial charge >= 0.3 is 6.09 Å². The number of nitrogens with zero attached hydrogens (tertiary/aromatic N) is 1. The molecule has 2 aromatic carbocycles. The Labute approximate surface area is 206 Å². The van der Waals surface area contributed by atoms with E-state index in [0.717, 1.165) is 35.7 Å². The number of aliphatic imine (C=N–C) groups is 1. The summed E-state index contributed by atoms with van der Waals surface area (Å²) in [6.45, 7) is 6.92. The molecule has 8 heteroatoms. The molecule has 0 bridgehead atoms. The van der Waals surface area contributed by atoms with Crippen molar-refractivity contribution in [2.75, 3.05) is 18.9 Å². The Hall–Kier alpha value is -2.75. The van der Waals surface area contributed by atoms with Crippen LogP contribution in [0.2, 0.25) is 0 Å². The minimum atomic E-state index is -0.517. The number of hydrogen-bond acceptors (Lipinski definition) is 3. The summed E-state index contributed by atoms with van der Waals surface area (Å²) in [5, 5.41) is 10.6. The lowest BCUT2D eigenvalue weighted by molar-refractivity contribution is 0.0636. The summed E-state index contributed by atoms with van der Waals surface area (Å²) in [6, 6.07) is 18.1.